The van der Waals surface area contributed by atoms with Crippen LogP contribution in [-0.2, 0) is 0 Å². The van der Waals surface area contributed by atoms with Crippen LogP contribution in [0.5, 0.6) is 0 Å². The number of nitrogens with two attached hydrogens (primary N) is 1. The average Bonchev–Trinajstić information content (AvgIpc) is 2.79. The van der Waals surface area contributed by atoms with Crippen molar-refractivity contribution in [3.63, 3.8) is 0 Å². The third kappa shape index (κ3) is 3.12. The first-order valence-corrected chi connectivity index (χ1v) is 6.19. The number of hydrogen-bond donors (Lipinski definition) is 3. The molecule has 0 saturated carbocycles. The lowest BCUT2D eigenvalue weighted by Crippen LogP contribution is -2.33. The molecular formula is C12H18N6O. The van der Waals surface area contributed by atoms with Crippen LogP contribution in [0.15, 0.2) is 18.5 Å². The summed E-state index contributed by atoms with van der Waals surface area (Å²) in [7, 11) is 0. The molecule has 0 aromatic carbocycles. The van der Waals surface area contributed by atoms with Gasteiger partial charge in [0, 0.05) is 25.5 Å². The second-order valence-corrected chi connectivity index (χ2v) is 4.55. The van der Waals surface area contributed by atoms with Crippen molar-refractivity contribution in [2.45, 2.75) is 19.8 Å². The number of nitrogens with one attached hydrogen (secondary N) is 2. The Morgan fingerprint density at radius 3 is 2.95 bits per heavy atom. The van der Waals surface area contributed by atoms with Crippen molar-refractivity contribution >= 4 is 17.4 Å². The SMILES string of the molecule is CC(C)c1cc2c(NCCNC(N)=O)nccn2n1. The number of urea groups is 1. The van der Waals surface area contributed by atoms with E-state index in [-0.39, 0.29) is 0 Å². The first-order chi connectivity index (χ1) is 9.08. The summed E-state index contributed by atoms with van der Waals surface area (Å²) in [5, 5.41) is 10.1. The highest BCUT2D eigenvalue weighted by Crippen LogP contribution is 2.19. The van der Waals surface area contributed by atoms with E-state index < -0.39 is 6.03 Å². The molecule has 2 amide bonds. The number of fused-ring (bicyclic) bond motifs is 1. The minimum atomic E-state index is -0.528. The van der Waals surface area contributed by atoms with Gasteiger partial charge in [0.25, 0.3) is 0 Å². The lowest BCUT2D eigenvalue weighted by molar-refractivity contribution is 0.249. The highest BCUT2D eigenvalue weighted by atomic mass is 16.2. The van der Waals surface area contributed by atoms with E-state index in [1.807, 2.05) is 12.3 Å². The van der Waals surface area contributed by atoms with Gasteiger partial charge in [0.05, 0.1) is 5.69 Å². The maximum atomic E-state index is 10.6. The first kappa shape index (κ1) is 13.1. The van der Waals surface area contributed by atoms with E-state index in [9.17, 15) is 4.79 Å². The van der Waals surface area contributed by atoms with Gasteiger partial charge in [-0.1, -0.05) is 13.8 Å². The normalized spacial score (nSPS) is 10.9. The largest absolute Gasteiger partial charge is 0.367 e. The fraction of sp³-hybridized carbons (Fsp3) is 0.417. The Morgan fingerprint density at radius 2 is 2.26 bits per heavy atom. The molecule has 0 aliphatic heterocycles. The fourth-order valence-corrected chi connectivity index (χ4v) is 1.73. The van der Waals surface area contributed by atoms with Crippen LogP contribution in [0.3, 0.4) is 0 Å². The van der Waals surface area contributed by atoms with E-state index in [1.165, 1.54) is 0 Å². The van der Waals surface area contributed by atoms with E-state index in [2.05, 4.69) is 34.6 Å². The maximum Gasteiger partial charge on any atom is 0.312 e. The number of anilines is 1. The van der Waals surface area contributed by atoms with Gasteiger partial charge < -0.3 is 16.4 Å². The molecule has 0 fully saturated rings. The summed E-state index contributed by atoms with van der Waals surface area (Å²) in [5.41, 5.74) is 6.93. The molecule has 2 rings (SSSR count). The summed E-state index contributed by atoms with van der Waals surface area (Å²) in [4.78, 5) is 14.8. The molecule has 19 heavy (non-hydrogen) atoms. The molecule has 0 spiro atoms. The zero-order valence-corrected chi connectivity index (χ0v) is 11.1. The molecule has 0 aliphatic rings. The molecule has 0 radical (unpaired) electrons. The van der Waals surface area contributed by atoms with Crippen molar-refractivity contribution in [3.8, 4) is 0 Å². The van der Waals surface area contributed by atoms with Crippen LogP contribution in [0, 0.1) is 0 Å². The van der Waals surface area contributed by atoms with Crippen molar-refractivity contribution in [3.05, 3.63) is 24.2 Å². The van der Waals surface area contributed by atoms with Crippen molar-refractivity contribution in [1.82, 2.24) is 19.9 Å². The third-order valence-corrected chi connectivity index (χ3v) is 2.72. The van der Waals surface area contributed by atoms with Crippen LogP contribution >= 0.6 is 0 Å². The molecule has 2 heterocycles. The number of amides is 2. The lowest BCUT2D eigenvalue weighted by Gasteiger charge is -2.06. The predicted molar refractivity (Wildman–Crippen MR) is 73.2 cm³/mol. The van der Waals surface area contributed by atoms with Gasteiger partial charge in [0.2, 0.25) is 0 Å². The Kier molecular flexibility index (Phi) is 3.84. The summed E-state index contributed by atoms with van der Waals surface area (Å²) in [6, 6.07) is 1.49. The molecule has 0 bridgehead atoms. The quantitative estimate of drug-likeness (QED) is 0.698. The monoisotopic (exact) mass is 262 g/mol. The summed E-state index contributed by atoms with van der Waals surface area (Å²) in [6.07, 6.45) is 3.50. The van der Waals surface area contributed by atoms with E-state index >= 15 is 0 Å². The number of carbonyl (C=O) groups excluding carboxylic acids is 1. The van der Waals surface area contributed by atoms with Crippen molar-refractivity contribution in [2.24, 2.45) is 5.73 Å². The zero-order valence-electron chi connectivity index (χ0n) is 11.1. The summed E-state index contributed by atoms with van der Waals surface area (Å²) in [6.45, 7) is 5.19. The molecule has 0 unspecified atom stereocenters. The van der Waals surface area contributed by atoms with Gasteiger partial charge in [0.1, 0.15) is 5.52 Å². The van der Waals surface area contributed by atoms with Crippen LogP contribution in [0.4, 0.5) is 10.6 Å². The van der Waals surface area contributed by atoms with Gasteiger partial charge >= 0.3 is 6.03 Å². The molecule has 0 atom stereocenters. The molecule has 0 saturated heterocycles. The van der Waals surface area contributed by atoms with Crippen LogP contribution in [0.25, 0.3) is 5.52 Å². The molecule has 2 aromatic heterocycles. The predicted octanol–water partition coefficient (Wildman–Crippen LogP) is 0.933. The molecule has 0 aliphatic carbocycles. The third-order valence-electron chi connectivity index (χ3n) is 2.72. The smallest absolute Gasteiger partial charge is 0.312 e. The molecule has 7 nitrogen and oxygen atoms in total. The van der Waals surface area contributed by atoms with E-state index in [0.29, 0.717) is 19.0 Å². The zero-order chi connectivity index (χ0) is 13.8. The summed E-state index contributed by atoms with van der Waals surface area (Å²) >= 11 is 0. The number of aromatic nitrogens is 3. The maximum absolute atomic E-state index is 10.6. The highest BCUT2D eigenvalue weighted by Gasteiger charge is 2.09. The molecular weight excluding hydrogens is 244 g/mol. The average molecular weight is 262 g/mol. The Labute approximate surface area is 111 Å². The Hall–Kier alpha value is -2.31. The molecule has 4 N–H and O–H groups in total. The Bertz CT molecular complexity index is 577. The minimum Gasteiger partial charge on any atom is -0.367 e. The Morgan fingerprint density at radius 1 is 1.47 bits per heavy atom. The van der Waals surface area contributed by atoms with Gasteiger partial charge in [-0.25, -0.2) is 14.3 Å². The number of nitrogens with zero attached hydrogens (tertiary/aromatic N) is 3. The van der Waals surface area contributed by atoms with Crippen LogP contribution in [-0.4, -0.2) is 33.7 Å². The van der Waals surface area contributed by atoms with Gasteiger partial charge in [-0.15, -0.1) is 0 Å². The van der Waals surface area contributed by atoms with Crippen LogP contribution in [0.1, 0.15) is 25.5 Å². The summed E-state index contributed by atoms with van der Waals surface area (Å²) < 4.78 is 1.80. The molecule has 2 aromatic rings. The number of hydrogen-bond acceptors (Lipinski definition) is 4. The second-order valence-electron chi connectivity index (χ2n) is 4.55. The van der Waals surface area contributed by atoms with Gasteiger partial charge in [-0.2, -0.15) is 5.10 Å². The van der Waals surface area contributed by atoms with Crippen LogP contribution < -0.4 is 16.4 Å². The number of primary amides is 1. The molecule has 102 valence electrons. The first-order valence-electron chi connectivity index (χ1n) is 6.19. The van der Waals surface area contributed by atoms with E-state index in [4.69, 9.17) is 5.73 Å². The van der Waals surface area contributed by atoms with Crippen molar-refractivity contribution < 1.29 is 4.79 Å². The van der Waals surface area contributed by atoms with Crippen LogP contribution in [0.2, 0.25) is 0 Å². The second kappa shape index (κ2) is 5.55. The number of rotatable bonds is 5. The lowest BCUT2D eigenvalue weighted by atomic mass is 10.1. The van der Waals surface area contributed by atoms with E-state index in [0.717, 1.165) is 17.0 Å². The molecule has 7 heteroatoms. The highest BCUT2D eigenvalue weighted by molar-refractivity contribution is 5.71. The topological polar surface area (TPSA) is 97.3 Å². The van der Waals surface area contributed by atoms with Gasteiger partial charge in [-0.05, 0) is 12.0 Å². The van der Waals surface area contributed by atoms with Crippen molar-refractivity contribution in [2.75, 3.05) is 18.4 Å². The van der Waals surface area contributed by atoms with Gasteiger partial charge in [-0.3, -0.25) is 0 Å². The fourth-order valence-electron chi connectivity index (χ4n) is 1.73. The Balaban J connectivity index is 2.12. The summed E-state index contributed by atoms with van der Waals surface area (Å²) in [5.74, 6) is 1.11. The minimum absolute atomic E-state index is 0.365. The van der Waals surface area contributed by atoms with E-state index in [1.54, 1.807) is 10.7 Å². The van der Waals surface area contributed by atoms with Crippen molar-refractivity contribution in [1.29, 1.82) is 0 Å². The standard InChI is InChI=1S/C12H18N6O/c1-8(2)9-7-10-11(14-3-4-16-12(13)19)15-5-6-18(10)17-9/h5-8H,3-4H2,1-2H3,(H,14,15)(H3,13,16,19). The number of carbonyl (C=O) groups is 1. The van der Waals surface area contributed by atoms with Gasteiger partial charge in [0.15, 0.2) is 5.82 Å².